The zero-order valence-electron chi connectivity index (χ0n) is 20.8. The number of carbonyl (C=O) groups is 1. The van der Waals surface area contributed by atoms with Gasteiger partial charge in [-0.3, -0.25) is 9.78 Å². The largest absolute Gasteiger partial charge is 0.487 e. The van der Waals surface area contributed by atoms with Crippen molar-refractivity contribution >= 4 is 11.6 Å². The van der Waals surface area contributed by atoms with E-state index in [1.165, 1.54) is 0 Å². The Hall–Kier alpha value is -3.38. The quantitative estimate of drug-likeness (QED) is 0.369. The zero-order chi connectivity index (χ0) is 24.7. The molecular weight excluding hydrogens is 428 g/mol. The van der Waals surface area contributed by atoms with E-state index >= 15 is 0 Å². The molecular formula is C28H34N2O4. The number of nitrogens with one attached hydrogen (secondary N) is 1. The summed E-state index contributed by atoms with van der Waals surface area (Å²) < 4.78 is 17.7. The van der Waals surface area contributed by atoms with Gasteiger partial charge in [-0.15, -0.1) is 0 Å². The van der Waals surface area contributed by atoms with Gasteiger partial charge in [0.15, 0.2) is 11.5 Å². The first kappa shape index (κ1) is 25.2. The number of nitrogens with zero attached hydrogens (tertiary/aromatic N) is 1. The van der Waals surface area contributed by atoms with Crippen LogP contribution in [0.2, 0.25) is 0 Å². The van der Waals surface area contributed by atoms with Gasteiger partial charge in [-0.25, -0.2) is 0 Å². The van der Waals surface area contributed by atoms with Crippen molar-refractivity contribution in [3.63, 3.8) is 0 Å². The van der Waals surface area contributed by atoms with Crippen LogP contribution < -0.4 is 14.8 Å². The summed E-state index contributed by atoms with van der Waals surface area (Å²) in [6.07, 6.45) is 0.953. The molecule has 0 aliphatic rings. The molecule has 1 amide bonds. The van der Waals surface area contributed by atoms with Crippen molar-refractivity contribution in [2.45, 2.75) is 66.3 Å². The van der Waals surface area contributed by atoms with Gasteiger partial charge in [-0.2, -0.15) is 0 Å². The predicted octanol–water partition coefficient (Wildman–Crippen LogP) is 6.58. The number of hydrogen-bond donors (Lipinski definition) is 1. The highest BCUT2D eigenvalue weighted by molar-refractivity contribution is 6.05. The molecule has 1 atom stereocenters. The van der Waals surface area contributed by atoms with Gasteiger partial charge in [-0.05, 0) is 77.9 Å². The van der Waals surface area contributed by atoms with Gasteiger partial charge in [0.05, 0.1) is 29.6 Å². The van der Waals surface area contributed by atoms with Crippen molar-refractivity contribution in [1.82, 2.24) is 4.98 Å². The third-order valence-corrected chi connectivity index (χ3v) is 4.92. The molecule has 1 aromatic heterocycles. The van der Waals surface area contributed by atoms with Crippen LogP contribution in [0.15, 0.2) is 60.7 Å². The molecule has 0 fully saturated rings. The summed E-state index contributed by atoms with van der Waals surface area (Å²) in [5, 5.41) is 2.94. The maximum absolute atomic E-state index is 12.9. The highest BCUT2D eigenvalue weighted by atomic mass is 16.5. The average molecular weight is 463 g/mol. The van der Waals surface area contributed by atoms with E-state index in [2.05, 4.69) is 10.3 Å². The second kappa shape index (κ2) is 11.7. The Labute approximate surface area is 202 Å². The van der Waals surface area contributed by atoms with Crippen LogP contribution in [-0.2, 0) is 11.2 Å². The van der Waals surface area contributed by atoms with Crippen LogP contribution in [0.25, 0.3) is 0 Å². The minimum Gasteiger partial charge on any atom is -0.487 e. The highest BCUT2D eigenvalue weighted by Gasteiger charge is 2.14. The maximum Gasteiger partial charge on any atom is 0.257 e. The number of carbonyl (C=O) groups excluding carboxylic acids is 1. The Morgan fingerprint density at radius 3 is 2.32 bits per heavy atom. The Balaban J connectivity index is 1.69. The lowest BCUT2D eigenvalue weighted by atomic mass is 10.1. The predicted molar refractivity (Wildman–Crippen MR) is 135 cm³/mol. The molecule has 0 aliphatic carbocycles. The van der Waals surface area contributed by atoms with Gasteiger partial charge < -0.3 is 19.5 Å². The number of rotatable bonds is 10. The first-order valence-corrected chi connectivity index (χ1v) is 11.7. The molecule has 0 radical (unpaired) electrons. The van der Waals surface area contributed by atoms with E-state index < -0.39 is 0 Å². The standard InChI is InChI=1S/C28H34N2O4/c1-18(2)32-20(5)16-23-14-15-25(21(6)29-23)28(31)30-22-10-9-11-24(17-22)34-27-13-8-7-12-26(27)33-19(3)4/h7-15,17-20H,16H2,1-6H3,(H,30,31). The molecule has 3 rings (SSSR count). The van der Waals surface area contributed by atoms with E-state index in [1.54, 1.807) is 6.07 Å². The van der Waals surface area contributed by atoms with Crippen LogP contribution in [0.1, 0.15) is 56.4 Å². The molecule has 0 aliphatic heterocycles. The molecule has 6 heteroatoms. The molecule has 6 nitrogen and oxygen atoms in total. The number of ether oxygens (including phenoxy) is 3. The fourth-order valence-corrected chi connectivity index (χ4v) is 3.62. The van der Waals surface area contributed by atoms with Gasteiger partial charge in [0.25, 0.3) is 5.91 Å². The second-order valence-electron chi connectivity index (χ2n) is 8.83. The molecule has 0 saturated carbocycles. The first-order valence-electron chi connectivity index (χ1n) is 11.7. The number of anilines is 1. The van der Waals surface area contributed by atoms with Gasteiger partial charge in [0.1, 0.15) is 5.75 Å². The number of aromatic nitrogens is 1. The van der Waals surface area contributed by atoms with Crippen molar-refractivity contribution in [2.75, 3.05) is 5.32 Å². The van der Waals surface area contributed by atoms with Crippen LogP contribution in [0.4, 0.5) is 5.69 Å². The fourth-order valence-electron chi connectivity index (χ4n) is 3.62. The molecule has 1 unspecified atom stereocenters. The molecule has 1 heterocycles. The number of benzene rings is 2. The number of hydrogen-bond acceptors (Lipinski definition) is 5. The van der Waals surface area contributed by atoms with Crippen molar-refractivity contribution in [3.8, 4) is 17.2 Å². The van der Waals surface area contributed by atoms with E-state index in [-0.39, 0.29) is 24.2 Å². The summed E-state index contributed by atoms with van der Waals surface area (Å²) >= 11 is 0. The Morgan fingerprint density at radius 1 is 0.912 bits per heavy atom. The van der Waals surface area contributed by atoms with Gasteiger partial charge in [0, 0.05) is 23.9 Å². The smallest absolute Gasteiger partial charge is 0.257 e. The van der Waals surface area contributed by atoms with Gasteiger partial charge >= 0.3 is 0 Å². The molecule has 0 bridgehead atoms. The van der Waals surface area contributed by atoms with E-state index in [1.807, 2.05) is 96.1 Å². The highest BCUT2D eigenvalue weighted by Crippen LogP contribution is 2.33. The zero-order valence-corrected chi connectivity index (χ0v) is 20.8. The average Bonchev–Trinajstić information content (AvgIpc) is 2.74. The Kier molecular flexibility index (Phi) is 8.66. The van der Waals surface area contributed by atoms with Crippen molar-refractivity contribution in [3.05, 3.63) is 77.6 Å². The van der Waals surface area contributed by atoms with Crippen molar-refractivity contribution in [2.24, 2.45) is 0 Å². The van der Waals surface area contributed by atoms with Gasteiger partial charge in [-0.1, -0.05) is 18.2 Å². The topological polar surface area (TPSA) is 69.7 Å². The summed E-state index contributed by atoms with van der Waals surface area (Å²) in [5.74, 6) is 1.67. The van der Waals surface area contributed by atoms with E-state index in [0.29, 0.717) is 40.6 Å². The third-order valence-electron chi connectivity index (χ3n) is 4.92. The number of aryl methyl sites for hydroxylation is 1. The SMILES string of the molecule is Cc1nc(CC(C)OC(C)C)ccc1C(=O)Nc1cccc(Oc2ccccc2OC(C)C)c1. The molecule has 0 saturated heterocycles. The summed E-state index contributed by atoms with van der Waals surface area (Å²) in [7, 11) is 0. The molecule has 2 aromatic carbocycles. The Bertz CT molecular complexity index is 1110. The number of amides is 1. The van der Waals surface area contributed by atoms with Crippen LogP contribution in [-0.4, -0.2) is 29.2 Å². The Morgan fingerprint density at radius 2 is 1.65 bits per heavy atom. The summed E-state index contributed by atoms with van der Waals surface area (Å²) in [4.78, 5) is 17.5. The molecule has 180 valence electrons. The fraction of sp³-hybridized carbons (Fsp3) is 0.357. The summed E-state index contributed by atoms with van der Waals surface area (Å²) in [5.41, 5.74) is 2.74. The molecule has 34 heavy (non-hydrogen) atoms. The lowest BCUT2D eigenvalue weighted by molar-refractivity contribution is 0.0190. The molecule has 1 N–H and O–H groups in total. The second-order valence-corrected chi connectivity index (χ2v) is 8.83. The van der Waals surface area contributed by atoms with E-state index in [0.717, 1.165) is 5.69 Å². The van der Waals surface area contributed by atoms with Crippen molar-refractivity contribution < 1.29 is 19.0 Å². The summed E-state index contributed by atoms with van der Waals surface area (Å²) in [6, 6.07) is 18.5. The lowest BCUT2D eigenvalue weighted by Crippen LogP contribution is -2.18. The van der Waals surface area contributed by atoms with Gasteiger partial charge in [0.2, 0.25) is 0 Å². The van der Waals surface area contributed by atoms with Crippen LogP contribution in [0, 0.1) is 6.92 Å². The first-order chi connectivity index (χ1) is 16.2. The monoisotopic (exact) mass is 462 g/mol. The lowest BCUT2D eigenvalue weighted by Gasteiger charge is -2.16. The van der Waals surface area contributed by atoms with Crippen LogP contribution in [0.3, 0.4) is 0 Å². The summed E-state index contributed by atoms with van der Waals surface area (Å²) in [6.45, 7) is 11.8. The molecule has 0 spiro atoms. The number of pyridine rings is 1. The van der Waals surface area contributed by atoms with Crippen LogP contribution in [0.5, 0.6) is 17.2 Å². The minimum absolute atomic E-state index is 0.0320. The normalized spacial score (nSPS) is 12.0. The number of para-hydroxylation sites is 2. The van der Waals surface area contributed by atoms with E-state index in [9.17, 15) is 4.79 Å². The van der Waals surface area contributed by atoms with Crippen molar-refractivity contribution in [1.29, 1.82) is 0 Å². The third kappa shape index (κ3) is 7.32. The minimum atomic E-state index is -0.219. The van der Waals surface area contributed by atoms with Crippen LogP contribution >= 0.6 is 0 Å². The maximum atomic E-state index is 12.9. The van der Waals surface area contributed by atoms with E-state index in [4.69, 9.17) is 14.2 Å². The molecule has 3 aromatic rings.